The van der Waals surface area contributed by atoms with Crippen LogP contribution in [-0.2, 0) is 0 Å². The molecule has 1 unspecified atom stereocenters. The maximum atomic E-state index is 6.87. The highest BCUT2D eigenvalue weighted by Crippen LogP contribution is 1.97. The molecule has 0 bridgehead atoms. The number of alkyl halides is 1. The van der Waals surface area contributed by atoms with E-state index < -0.39 is 0 Å². The Hall–Kier alpha value is 0.200. The zero-order valence-corrected chi connectivity index (χ0v) is 6.40. The quantitative estimate of drug-likeness (QED) is 0.305. The molecule has 0 spiro atoms. The third kappa shape index (κ3) is 2.85. The summed E-state index contributed by atoms with van der Waals surface area (Å²) in [5.41, 5.74) is 5.12. The summed E-state index contributed by atoms with van der Waals surface area (Å²) < 4.78 is 0.938. The van der Waals surface area contributed by atoms with Gasteiger partial charge < -0.3 is 5.73 Å². The van der Waals surface area contributed by atoms with Gasteiger partial charge in [0, 0.05) is 10.3 Å². The van der Waals surface area contributed by atoms with Crippen LogP contribution in [0, 0.1) is 11.3 Å². The molecule has 0 fully saturated rings. The predicted molar refractivity (Wildman–Crippen MR) is 40.0 cm³/mol. The molecule has 2 nitrogen and oxygen atoms in total. The Bertz CT molecular complexity index is 72.1. The Balaban J connectivity index is 3.34. The molecule has 0 aliphatic rings. The Morgan fingerprint density at radius 1 is 2.00 bits per heavy atom. The second kappa shape index (κ2) is 3.23. The Morgan fingerprint density at radius 3 is 2.43 bits per heavy atom. The molecule has 3 heteroatoms. The zero-order valence-electron chi connectivity index (χ0n) is 4.24. The van der Waals surface area contributed by atoms with Crippen molar-refractivity contribution in [1.82, 2.24) is 0 Å². The average Bonchev–Trinajstić information content (AvgIpc) is 1.65. The van der Waals surface area contributed by atoms with E-state index in [9.17, 15) is 0 Å². The van der Waals surface area contributed by atoms with Crippen LogP contribution in [-0.4, -0.2) is 10.3 Å². The van der Waals surface area contributed by atoms with Crippen molar-refractivity contribution in [3.63, 3.8) is 0 Å². The highest BCUT2D eigenvalue weighted by molar-refractivity contribution is 14.1. The summed E-state index contributed by atoms with van der Waals surface area (Å²) in [6, 6.07) is 0. The third-order valence-electron chi connectivity index (χ3n) is 0.762. The van der Waals surface area contributed by atoms with Gasteiger partial charge in [0.1, 0.15) is 0 Å². The van der Waals surface area contributed by atoms with E-state index in [1.807, 2.05) is 6.92 Å². The Labute approximate surface area is 57.1 Å². The normalized spacial score (nSPS) is 13.4. The van der Waals surface area contributed by atoms with Gasteiger partial charge in [-0.3, -0.25) is 5.41 Å². The summed E-state index contributed by atoms with van der Waals surface area (Å²) in [5.74, 6) is 0.537. The highest BCUT2D eigenvalue weighted by atomic mass is 127. The van der Waals surface area contributed by atoms with E-state index in [-0.39, 0.29) is 11.8 Å². The van der Waals surface area contributed by atoms with Crippen molar-refractivity contribution in [3.8, 4) is 0 Å². The first kappa shape index (κ1) is 7.20. The van der Waals surface area contributed by atoms with Gasteiger partial charge in [0.25, 0.3) is 0 Å². The molecule has 3 N–H and O–H groups in total. The van der Waals surface area contributed by atoms with Crippen LogP contribution in [0.25, 0.3) is 0 Å². The molecule has 0 aliphatic carbocycles. The molecule has 0 aromatic carbocycles. The van der Waals surface area contributed by atoms with Gasteiger partial charge in [-0.15, -0.1) is 0 Å². The molecule has 0 aromatic heterocycles. The number of rotatable bonds is 2. The van der Waals surface area contributed by atoms with Crippen LogP contribution >= 0.6 is 22.6 Å². The van der Waals surface area contributed by atoms with E-state index in [4.69, 9.17) is 11.1 Å². The van der Waals surface area contributed by atoms with Crippen molar-refractivity contribution in [1.29, 1.82) is 5.41 Å². The second-order valence-electron chi connectivity index (χ2n) is 1.51. The van der Waals surface area contributed by atoms with Crippen molar-refractivity contribution in [3.05, 3.63) is 0 Å². The van der Waals surface area contributed by atoms with E-state index in [1.165, 1.54) is 0 Å². The summed E-state index contributed by atoms with van der Waals surface area (Å²) in [4.78, 5) is 0. The Morgan fingerprint density at radius 2 is 2.43 bits per heavy atom. The molecule has 0 heterocycles. The van der Waals surface area contributed by atoms with Gasteiger partial charge in [-0.1, -0.05) is 29.5 Å². The van der Waals surface area contributed by atoms with Crippen LogP contribution < -0.4 is 5.73 Å². The number of nitrogens with one attached hydrogen (secondary N) is 1. The van der Waals surface area contributed by atoms with Crippen LogP contribution in [0.1, 0.15) is 6.92 Å². The lowest BCUT2D eigenvalue weighted by molar-refractivity contribution is 0.895. The largest absolute Gasteiger partial charge is 0.387 e. The van der Waals surface area contributed by atoms with Crippen LogP contribution in [0.3, 0.4) is 0 Å². The number of nitrogens with two attached hydrogens (primary N) is 1. The summed E-state index contributed by atoms with van der Waals surface area (Å²) in [5, 5.41) is 6.87. The van der Waals surface area contributed by atoms with Gasteiger partial charge in [0.05, 0.1) is 5.84 Å². The maximum absolute atomic E-state index is 6.87. The minimum atomic E-state index is 0.251. The fourth-order valence-electron chi connectivity index (χ4n) is 0.0831. The molecule has 0 saturated heterocycles. The van der Waals surface area contributed by atoms with Crippen LogP contribution in [0.4, 0.5) is 0 Å². The van der Waals surface area contributed by atoms with Crippen molar-refractivity contribution in [2.45, 2.75) is 6.92 Å². The van der Waals surface area contributed by atoms with E-state index in [0.717, 1.165) is 4.43 Å². The van der Waals surface area contributed by atoms with Crippen molar-refractivity contribution < 1.29 is 0 Å². The van der Waals surface area contributed by atoms with Gasteiger partial charge in [-0.2, -0.15) is 0 Å². The molecule has 42 valence electrons. The smallest absolute Gasteiger partial charge is 0.0941 e. The van der Waals surface area contributed by atoms with Crippen LogP contribution in [0.15, 0.2) is 0 Å². The summed E-state index contributed by atoms with van der Waals surface area (Å²) in [6.07, 6.45) is 0. The van der Waals surface area contributed by atoms with E-state index in [1.54, 1.807) is 0 Å². The predicted octanol–water partition coefficient (Wildman–Crippen LogP) is 0.993. The average molecular weight is 212 g/mol. The first-order valence-electron chi connectivity index (χ1n) is 2.08. The molecule has 0 aromatic rings. The van der Waals surface area contributed by atoms with Crippen LogP contribution in [0.5, 0.6) is 0 Å². The number of halogens is 1. The fourth-order valence-corrected chi connectivity index (χ4v) is 0.558. The van der Waals surface area contributed by atoms with Gasteiger partial charge in [-0.05, 0) is 0 Å². The monoisotopic (exact) mass is 212 g/mol. The lowest BCUT2D eigenvalue weighted by atomic mass is 10.2. The van der Waals surface area contributed by atoms with Crippen molar-refractivity contribution in [2.24, 2.45) is 11.7 Å². The molecule has 1 atom stereocenters. The molecule has 0 saturated carbocycles. The minimum Gasteiger partial charge on any atom is -0.387 e. The minimum absolute atomic E-state index is 0.251. The van der Waals surface area contributed by atoms with E-state index in [2.05, 4.69) is 22.6 Å². The first-order valence-corrected chi connectivity index (χ1v) is 3.61. The summed E-state index contributed by atoms with van der Waals surface area (Å²) in [7, 11) is 0. The first-order chi connectivity index (χ1) is 3.18. The number of hydrogen-bond donors (Lipinski definition) is 2. The SMILES string of the molecule is CC(CI)C(=N)N. The summed E-state index contributed by atoms with van der Waals surface area (Å²) in [6.45, 7) is 1.94. The molecule has 7 heavy (non-hydrogen) atoms. The van der Waals surface area contributed by atoms with E-state index in [0.29, 0.717) is 0 Å². The van der Waals surface area contributed by atoms with E-state index >= 15 is 0 Å². The van der Waals surface area contributed by atoms with Gasteiger partial charge in [0.15, 0.2) is 0 Å². The number of amidine groups is 1. The molecular weight excluding hydrogens is 203 g/mol. The lowest BCUT2D eigenvalue weighted by Crippen LogP contribution is -2.20. The second-order valence-corrected chi connectivity index (χ2v) is 2.39. The molecule has 0 amide bonds. The maximum Gasteiger partial charge on any atom is 0.0941 e. The molecule has 0 aliphatic heterocycles. The standard InChI is InChI=1S/C4H9IN2/c1-3(2-5)4(6)7/h3H,2H2,1H3,(H3,6,7). The topological polar surface area (TPSA) is 49.9 Å². The third-order valence-corrected chi connectivity index (χ3v) is 2.08. The highest BCUT2D eigenvalue weighted by Gasteiger charge is 1.99. The Kier molecular flexibility index (Phi) is 3.33. The zero-order chi connectivity index (χ0) is 5.86. The van der Waals surface area contributed by atoms with Gasteiger partial charge >= 0.3 is 0 Å². The van der Waals surface area contributed by atoms with Gasteiger partial charge in [-0.25, -0.2) is 0 Å². The summed E-state index contributed by atoms with van der Waals surface area (Å²) >= 11 is 2.21. The van der Waals surface area contributed by atoms with Crippen LogP contribution in [0.2, 0.25) is 0 Å². The van der Waals surface area contributed by atoms with Gasteiger partial charge in [0.2, 0.25) is 0 Å². The molecular formula is C4H9IN2. The van der Waals surface area contributed by atoms with Crippen molar-refractivity contribution in [2.75, 3.05) is 4.43 Å². The lowest BCUT2D eigenvalue weighted by Gasteiger charge is -2.00. The fraction of sp³-hybridized carbons (Fsp3) is 0.750. The molecule has 0 rings (SSSR count). The molecule has 0 radical (unpaired) electrons. The van der Waals surface area contributed by atoms with Crippen molar-refractivity contribution >= 4 is 28.4 Å². The number of hydrogen-bond acceptors (Lipinski definition) is 1.